The normalized spacial score (nSPS) is 13.9. The third-order valence-corrected chi connectivity index (χ3v) is 15.2. The van der Waals surface area contributed by atoms with E-state index in [-0.39, 0.29) is 32.6 Å². The molecule has 85 heavy (non-hydrogen) atoms. The molecule has 0 radical (unpaired) electrons. The number of phosphoric acid groups is 1. The quantitative estimate of drug-likeness (QED) is 0.0264. The molecule has 0 saturated carbocycles. The summed E-state index contributed by atoms with van der Waals surface area (Å²) in [5.41, 5.74) is 5.40. The van der Waals surface area contributed by atoms with Crippen LogP contribution < -0.4 is 5.73 Å². The lowest BCUT2D eigenvalue weighted by atomic mass is 10.0. The van der Waals surface area contributed by atoms with Crippen LogP contribution in [0.5, 0.6) is 0 Å². The molecule has 0 heterocycles. The van der Waals surface area contributed by atoms with Gasteiger partial charge in [-0.1, -0.05) is 295 Å². The molecule has 484 valence electrons. The van der Waals surface area contributed by atoms with Gasteiger partial charge in [0.25, 0.3) is 0 Å². The molecule has 0 aliphatic rings. The molecule has 2 atom stereocenters. The highest BCUT2D eigenvalue weighted by molar-refractivity contribution is 7.47. The van der Waals surface area contributed by atoms with E-state index in [9.17, 15) is 19.0 Å². The second-order valence-corrected chi connectivity index (χ2v) is 23.8. The summed E-state index contributed by atoms with van der Waals surface area (Å²) in [6.07, 6.45) is 99.3. The van der Waals surface area contributed by atoms with Gasteiger partial charge in [-0.2, -0.15) is 0 Å². The fourth-order valence-electron chi connectivity index (χ4n) is 9.17. The van der Waals surface area contributed by atoms with E-state index < -0.39 is 32.5 Å². The summed E-state index contributed by atoms with van der Waals surface area (Å²) >= 11 is 0. The molecule has 0 amide bonds. The highest BCUT2D eigenvalue weighted by Crippen LogP contribution is 2.43. The van der Waals surface area contributed by atoms with Gasteiger partial charge in [0, 0.05) is 19.4 Å². The smallest absolute Gasteiger partial charge is 0.462 e. The van der Waals surface area contributed by atoms with Crippen LogP contribution in [-0.2, 0) is 32.7 Å². The number of nitrogens with two attached hydrogens (primary N) is 1. The molecule has 3 N–H and O–H groups in total. The monoisotopic (exact) mass is 1200 g/mol. The minimum Gasteiger partial charge on any atom is -0.462 e. The number of phosphoric ester groups is 1. The van der Waals surface area contributed by atoms with E-state index in [2.05, 4.69) is 160 Å². The summed E-state index contributed by atoms with van der Waals surface area (Å²) in [6.45, 7) is 3.58. The van der Waals surface area contributed by atoms with E-state index >= 15 is 0 Å². The van der Waals surface area contributed by atoms with Crippen molar-refractivity contribution in [3.05, 3.63) is 146 Å². The number of ether oxygens (including phenoxy) is 2. The first-order valence-corrected chi connectivity index (χ1v) is 35.8. The first kappa shape index (κ1) is 80.9. The van der Waals surface area contributed by atoms with Crippen LogP contribution >= 0.6 is 7.82 Å². The zero-order chi connectivity index (χ0) is 61.6. The second kappa shape index (κ2) is 69.0. The number of esters is 2. The van der Waals surface area contributed by atoms with Crippen molar-refractivity contribution in [2.75, 3.05) is 26.4 Å². The first-order valence-electron chi connectivity index (χ1n) is 34.3. The van der Waals surface area contributed by atoms with Crippen LogP contribution in [0, 0.1) is 0 Å². The van der Waals surface area contributed by atoms with Gasteiger partial charge in [0.1, 0.15) is 6.61 Å². The number of unbranched alkanes of at least 4 members (excludes halogenated alkanes) is 26. The van der Waals surface area contributed by atoms with Gasteiger partial charge in [0.15, 0.2) is 6.10 Å². The zero-order valence-electron chi connectivity index (χ0n) is 54.3. The molecule has 0 bridgehead atoms. The molecule has 2 unspecified atom stereocenters. The molecule has 9 nitrogen and oxygen atoms in total. The Morgan fingerprint density at radius 3 is 0.976 bits per heavy atom. The topological polar surface area (TPSA) is 134 Å². The molecule has 0 aromatic rings. The Hall–Kier alpha value is -4.11. The highest BCUT2D eigenvalue weighted by Gasteiger charge is 2.26. The number of rotatable bonds is 63. The summed E-state index contributed by atoms with van der Waals surface area (Å²) in [4.78, 5) is 35.3. The van der Waals surface area contributed by atoms with Crippen molar-refractivity contribution < 1.29 is 37.6 Å². The molecule has 0 aliphatic heterocycles. The standard InChI is InChI=1S/C75H126NO8P/c1-3-5-7-9-11-13-15-17-19-21-23-25-27-29-31-33-35-36-38-39-41-43-45-47-49-51-53-55-57-59-61-63-65-67-74(77)81-71-73(72-83-85(79,80)82-70-69-76)84-75(78)68-66-64-62-60-58-56-54-52-50-48-46-44-42-40-37-34-32-30-28-26-24-22-20-18-16-14-12-10-8-6-4-2/h6,8,12,14-15,17-18,20-21,23-24,26-27,29-30,32,37,40,44,46,50,52,56,58,73H,3-5,7,9-11,13,16,19,22,25,28,31,33-36,38-39,41-43,45,47-49,51,53-55,57,59-72,76H2,1-2H3,(H,79,80)/b8-6-,14-12-,17-15-,20-18-,23-21-,26-24-,29-27-,32-30-,40-37-,46-44-,52-50-,58-56-. The molecular weight excluding hydrogens is 1070 g/mol. The van der Waals surface area contributed by atoms with Crippen molar-refractivity contribution in [3.8, 4) is 0 Å². The van der Waals surface area contributed by atoms with E-state index in [4.69, 9.17) is 24.3 Å². The van der Waals surface area contributed by atoms with Crippen LogP contribution in [0.3, 0.4) is 0 Å². The average Bonchev–Trinajstić information content (AvgIpc) is 3.52. The van der Waals surface area contributed by atoms with Crippen LogP contribution in [0.15, 0.2) is 146 Å². The number of hydrogen-bond acceptors (Lipinski definition) is 8. The Labute approximate surface area is 522 Å². The number of hydrogen-bond donors (Lipinski definition) is 2. The highest BCUT2D eigenvalue weighted by atomic mass is 31.2. The largest absolute Gasteiger partial charge is 0.472 e. The lowest BCUT2D eigenvalue weighted by molar-refractivity contribution is -0.161. The van der Waals surface area contributed by atoms with Crippen LogP contribution in [-0.4, -0.2) is 49.3 Å². The molecule has 0 rings (SSSR count). The predicted molar refractivity (Wildman–Crippen MR) is 367 cm³/mol. The summed E-state index contributed by atoms with van der Waals surface area (Å²) < 4.78 is 33.1. The number of carbonyl (C=O) groups is 2. The maximum Gasteiger partial charge on any atom is 0.472 e. The van der Waals surface area contributed by atoms with Gasteiger partial charge in [-0.05, 0) is 122 Å². The van der Waals surface area contributed by atoms with Crippen LogP contribution in [0.1, 0.15) is 284 Å². The fourth-order valence-corrected chi connectivity index (χ4v) is 9.93. The van der Waals surface area contributed by atoms with Gasteiger partial charge in [-0.3, -0.25) is 18.6 Å². The van der Waals surface area contributed by atoms with Gasteiger partial charge in [-0.25, -0.2) is 4.57 Å². The molecule has 0 saturated heterocycles. The van der Waals surface area contributed by atoms with Crippen LogP contribution in [0.4, 0.5) is 0 Å². The Morgan fingerprint density at radius 1 is 0.365 bits per heavy atom. The van der Waals surface area contributed by atoms with Crippen molar-refractivity contribution in [3.63, 3.8) is 0 Å². The van der Waals surface area contributed by atoms with E-state index in [1.54, 1.807) is 0 Å². The third-order valence-electron chi connectivity index (χ3n) is 14.2. The molecular formula is C75H126NO8P. The van der Waals surface area contributed by atoms with E-state index in [1.165, 1.54) is 141 Å². The molecule has 0 fully saturated rings. The summed E-state index contributed by atoms with van der Waals surface area (Å²) in [7, 11) is -4.41. The first-order chi connectivity index (χ1) is 41.8. The SMILES string of the molecule is CC/C=C\C/C=C\C/C=C\C/C=C\C/C=C\C/C=C\C/C=C\C/C=C\C/C=C\CCCCCC(=O)OC(COC(=O)CCCCCCCCCCCCCCCCCCCC/C=C\C/C=C\C/C=C\CCCCCCC)COP(=O)(O)OCCN. The van der Waals surface area contributed by atoms with Crippen molar-refractivity contribution in [2.45, 2.75) is 290 Å². The van der Waals surface area contributed by atoms with Gasteiger partial charge in [-0.15, -0.1) is 0 Å². The van der Waals surface area contributed by atoms with E-state index in [0.29, 0.717) is 6.42 Å². The Kier molecular flexibility index (Phi) is 65.7. The predicted octanol–water partition coefficient (Wildman–Crippen LogP) is 22.6. The molecule has 0 spiro atoms. The summed E-state index contributed by atoms with van der Waals surface area (Å²) in [5, 5.41) is 0. The third kappa shape index (κ3) is 68.9. The summed E-state index contributed by atoms with van der Waals surface area (Å²) in [6, 6.07) is 0. The van der Waals surface area contributed by atoms with Crippen LogP contribution in [0.25, 0.3) is 0 Å². The van der Waals surface area contributed by atoms with Gasteiger partial charge >= 0.3 is 19.8 Å². The maximum atomic E-state index is 12.7. The minimum absolute atomic E-state index is 0.0407. The number of allylic oxidation sites excluding steroid dienone is 24. The Balaban J connectivity index is 3.99. The van der Waals surface area contributed by atoms with Gasteiger partial charge in [0.2, 0.25) is 0 Å². The molecule has 10 heteroatoms. The Morgan fingerprint density at radius 2 is 0.647 bits per heavy atom. The van der Waals surface area contributed by atoms with E-state index in [1.807, 2.05) is 0 Å². The zero-order valence-corrected chi connectivity index (χ0v) is 55.2. The number of carbonyl (C=O) groups excluding carboxylic acids is 2. The van der Waals surface area contributed by atoms with Crippen LogP contribution in [0.2, 0.25) is 0 Å². The Bertz CT molecular complexity index is 1900. The van der Waals surface area contributed by atoms with E-state index in [0.717, 1.165) is 109 Å². The lowest BCUT2D eigenvalue weighted by Crippen LogP contribution is -2.29. The second-order valence-electron chi connectivity index (χ2n) is 22.3. The average molecular weight is 1200 g/mol. The summed E-state index contributed by atoms with van der Waals surface area (Å²) in [5.74, 6) is -0.869. The fraction of sp³-hybridized carbons (Fsp3) is 0.653. The van der Waals surface area contributed by atoms with Crippen molar-refractivity contribution in [1.29, 1.82) is 0 Å². The maximum absolute atomic E-state index is 12.7. The van der Waals surface area contributed by atoms with Gasteiger partial charge in [0.05, 0.1) is 13.2 Å². The lowest BCUT2D eigenvalue weighted by Gasteiger charge is -2.19. The van der Waals surface area contributed by atoms with Gasteiger partial charge < -0.3 is 20.1 Å². The van der Waals surface area contributed by atoms with Crippen molar-refractivity contribution >= 4 is 19.8 Å². The minimum atomic E-state index is -4.41. The molecule has 0 aliphatic carbocycles. The molecule has 0 aromatic heterocycles. The van der Waals surface area contributed by atoms with Crippen molar-refractivity contribution in [1.82, 2.24) is 0 Å². The van der Waals surface area contributed by atoms with Crippen molar-refractivity contribution in [2.24, 2.45) is 5.73 Å². The molecule has 0 aromatic carbocycles.